The van der Waals surface area contributed by atoms with Crippen LogP contribution < -0.4 is 9.64 Å². The highest BCUT2D eigenvalue weighted by Gasteiger charge is 2.35. The van der Waals surface area contributed by atoms with E-state index in [-0.39, 0.29) is 30.9 Å². The Labute approximate surface area is 157 Å². The van der Waals surface area contributed by atoms with Crippen molar-refractivity contribution in [3.63, 3.8) is 0 Å². The maximum atomic E-state index is 12.7. The Hall–Kier alpha value is -2.67. The summed E-state index contributed by atoms with van der Waals surface area (Å²) in [6.07, 6.45) is -2.92. The smallest absolute Gasteiger partial charge is 0.401 e. The van der Waals surface area contributed by atoms with Crippen LogP contribution in [0.4, 0.5) is 27.6 Å². The molecular weight excluding hydrogens is 383 g/mol. The highest BCUT2D eigenvalue weighted by Crippen LogP contribution is 2.34. The molecule has 1 saturated heterocycles. The van der Waals surface area contributed by atoms with Gasteiger partial charge in [-0.1, -0.05) is 0 Å². The SMILES string of the molecule is CC1CN(c2c(C#N)cnc3ccc(OC(F)F)cc23)CCN1CC(F)(F)F. The number of nitrogens with zero attached hydrogens (tertiary/aromatic N) is 4. The first-order valence-corrected chi connectivity index (χ1v) is 8.51. The maximum absolute atomic E-state index is 12.7. The van der Waals surface area contributed by atoms with E-state index in [2.05, 4.69) is 9.72 Å². The van der Waals surface area contributed by atoms with Crippen molar-refractivity contribution < 1.29 is 26.7 Å². The van der Waals surface area contributed by atoms with Crippen LogP contribution in [0.1, 0.15) is 12.5 Å². The number of fused-ring (bicyclic) bond motifs is 1. The average molecular weight is 400 g/mol. The van der Waals surface area contributed by atoms with Gasteiger partial charge in [0, 0.05) is 37.3 Å². The van der Waals surface area contributed by atoms with Crippen LogP contribution >= 0.6 is 0 Å². The molecular formula is C18H17F5N4O. The van der Waals surface area contributed by atoms with Crippen molar-refractivity contribution in [1.29, 1.82) is 5.26 Å². The lowest BCUT2D eigenvalue weighted by Gasteiger charge is -2.41. The minimum absolute atomic E-state index is 0.0793. The fourth-order valence-corrected chi connectivity index (χ4v) is 3.42. The van der Waals surface area contributed by atoms with Crippen molar-refractivity contribution in [2.75, 3.05) is 31.1 Å². The molecule has 1 aromatic carbocycles. The number of ether oxygens (including phenoxy) is 1. The second-order valence-electron chi connectivity index (χ2n) is 6.57. The van der Waals surface area contributed by atoms with Crippen molar-refractivity contribution in [3.8, 4) is 11.8 Å². The van der Waals surface area contributed by atoms with Gasteiger partial charge in [0.05, 0.1) is 23.3 Å². The number of anilines is 1. The summed E-state index contributed by atoms with van der Waals surface area (Å²) in [7, 11) is 0. The highest BCUT2D eigenvalue weighted by atomic mass is 19.4. The molecule has 0 amide bonds. The minimum atomic E-state index is -4.29. The molecule has 0 spiro atoms. The molecule has 2 heterocycles. The van der Waals surface area contributed by atoms with Gasteiger partial charge < -0.3 is 9.64 Å². The normalized spacial score (nSPS) is 18.5. The van der Waals surface area contributed by atoms with Crippen molar-refractivity contribution in [3.05, 3.63) is 30.0 Å². The summed E-state index contributed by atoms with van der Waals surface area (Å²) in [6.45, 7) is -1.66. The number of pyridine rings is 1. The molecule has 1 aromatic heterocycles. The van der Waals surface area contributed by atoms with Gasteiger partial charge in [-0.2, -0.15) is 27.2 Å². The number of piperazine rings is 1. The van der Waals surface area contributed by atoms with Crippen LogP contribution in [-0.4, -0.2) is 54.9 Å². The van der Waals surface area contributed by atoms with E-state index in [0.29, 0.717) is 16.6 Å². The number of hydrogen-bond acceptors (Lipinski definition) is 5. The topological polar surface area (TPSA) is 52.4 Å². The molecule has 0 bridgehead atoms. The Morgan fingerprint density at radius 2 is 2.07 bits per heavy atom. The van der Waals surface area contributed by atoms with Gasteiger partial charge in [-0.15, -0.1) is 0 Å². The summed E-state index contributed by atoms with van der Waals surface area (Å²) in [6, 6.07) is 5.83. The van der Waals surface area contributed by atoms with E-state index in [4.69, 9.17) is 0 Å². The summed E-state index contributed by atoms with van der Waals surface area (Å²) in [4.78, 5) is 7.29. The van der Waals surface area contributed by atoms with E-state index in [9.17, 15) is 27.2 Å². The van der Waals surface area contributed by atoms with Crippen LogP contribution in [0, 0.1) is 11.3 Å². The monoisotopic (exact) mass is 400 g/mol. The second-order valence-corrected chi connectivity index (χ2v) is 6.57. The lowest BCUT2D eigenvalue weighted by molar-refractivity contribution is -0.150. The first-order valence-electron chi connectivity index (χ1n) is 8.51. The third kappa shape index (κ3) is 4.42. The zero-order chi connectivity index (χ0) is 20.5. The van der Waals surface area contributed by atoms with Crippen molar-refractivity contribution >= 4 is 16.6 Å². The molecule has 28 heavy (non-hydrogen) atoms. The molecule has 1 unspecified atom stereocenters. The summed E-state index contributed by atoms with van der Waals surface area (Å²) in [5.74, 6) is -0.0793. The number of rotatable bonds is 4. The lowest BCUT2D eigenvalue weighted by atomic mass is 10.1. The highest BCUT2D eigenvalue weighted by molar-refractivity contribution is 5.95. The predicted molar refractivity (Wildman–Crippen MR) is 92.4 cm³/mol. The number of aromatic nitrogens is 1. The van der Waals surface area contributed by atoms with E-state index in [1.54, 1.807) is 11.8 Å². The van der Waals surface area contributed by atoms with Gasteiger partial charge in [-0.25, -0.2) is 0 Å². The van der Waals surface area contributed by atoms with E-state index in [1.165, 1.54) is 29.3 Å². The molecule has 0 radical (unpaired) electrons. The first kappa shape index (κ1) is 20.1. The summed E-state index contributed by atoms with van der Waals surface area (Å²) < 4.78 is 67.7. The molecule has 1 fully saturated rings. The van der Waals surface area contributed by atoms with Crippen LogP contribution in [0.2, 0.25) is 0 Å². The molecule has 150 valence electrons. The van der Waals surface area contributed by atoms with Gasteiger partial charge in [0.25, 0.3) is 0 Å². The van der Waals surface area contributed by atoms with Crippen LogP contribution in [0.3, 0.4) is 0 Å². The van der Waals surface area contributed by atoms with E-state index in [0.717, 1.165) is 0 Å². The second kappa shape index (κ2) is 7.75. The molecule has 0 N–H and O–H groups in total. The Kier molecular flexibility index (Phi) is 5.56. The Morgan fingerprint density at radius 3 is 2.68 bits per heavy atom. The molecule has 1 aliphatic heterocycles. The molecule has 1 aliphatic rings. The summed E-state index contributed by atoms with van der Waals surface area (Å²) in [5.41, 5.74) is 1.16. The molecule has 0 saturated carbocycles. The maximum Gasteiger partial charge on any atom is 0.401 e. The van der Waals surface area contributed by atoms with Gasteiger partial charge in [0.1, 0.15) is 11.8 Å². The standard InChI is InChI=1S/C18H17F5N4O/c1-11-9-26(4-5-27(11)10-18(21,22)23)16-12(7-24)8-25-15-3-2-13(6-14(15)16)28-17(19)20/h2-3,6,8,11,17H,4-5,9-10H2,1H3. The van der Waals surface area contributed by atoms with Gasteiger partial charge in [-0.3, -0.25) is 9.88 Å². The van der Waals surface area contributed by atoms with Gasteiger partial charge >= 0.3 is 12.8 Å². The van der Waals surface area contributed by atoms with Crippen LogP contribution in [0.15, 0.2) is 24.4 Å². The number of hydrogen-bond donors (Lipinski definition) is 0. The zero-order valence-corrected chi connectivity index (χ0v) is 14.9. The van der Waals surface area contributed by atoms with Crippen LogP contribution in [0.25, 0.3) is 10.9 Å². The molecule has 5 nitrogen and oxygen atoms in total. The quantitative estimate of drug-likeness (QED) is 0.732. The largest absolute Gasteiger partial charge is 0.435 e. The molecule has 1 atom stereocenters. The fourth-order valence-electron chi connectivity index (χ4n) is 3.42. The van der Waals surface area contributed by atoms with Crippen molar-refractivity contribution in [2.24, 2.45) is 0 Å². The average Bonchev–Trinajstić information content (AvgIpc) is 2.61. The Bertz CT molecular complexity index is 896. The number of nitriles is 1. The van der Waals surface area contributed by atoms with E-state index in [1.807, 2.05) is 6.07 Å². The predicted octanol–water partition coefficient (Wildman–Crippen LogP) is 3.78. The Morgan fingerprint density at radius 1 is 1.32 bits per heavy atom. The molecule has 3 rings (SSSR count). The zero-order valence-electron chi connectivity index (χ0n) is 14.9. The lowest BCUT2D eigenvalue weighted by Crippen LogP contribution is -2.54. The number of alkyl halides is 5. The third-order valence-electron chi connectivity index (χ3n) is 4.62. The summed E-state index contributed by atoms with van der Waals surface area (Å²) >= 11 is 0. The van der Waals surface area contributed by atoms with E-state index >= 15 is 0 Å². The fraction of sp³-hybridized carbons (Fsp3) is 0.444. The van der Waals surface area contributed by atoms with E-state index < -0.39 is 25.4 Å². The molecule has 10 heteroatoms. The van der Waals surface area contributed by atoms with Gasteiger partial charge in [0.2, 0.25) is 0 Å². The van der Waals surface area contributed by atoms with Gasteiger partial charge in [-0.05, 0) is 25.1 Å². The van der Waals surface area contributed by atoms with Crippen LogP contribution in [-0.2, 0) is 0 Å². The van der Waals surface area contributed by atoms with Crippen molar-refractivity contribution in [2.45, 2.75) is 25.8 Å². The van der Waals surface area contributed by atoms with Gasteiger partial charge in [0.15, 0.2) is 0 Å². The molecule has 0 aliphatic carbocycles. The number of benzene rings is 1. The van der Waals surface area contributed by atoms with Crippen LogP contribution in [0.5, 0.6) is 5.75 Å². The minimum Gasteiger partial charge on any atom is -0.435 e. The number of halogens is 5. The van der Waals surface area contributed by atoms with Crippen molar-refractivity contribution in [1.82, 2.24) is 9.88 Å². The summed E-state index contributed by atoms with van der Waals surface area (Å²) in [5, 5.41) is 9.91. The molecule has 2 aromatic rings. The Balaban J connectivity index is 1.96. The first-order chi connectivity index (χ1) is 13.2. The third-order valence-corrected chi connectivity index (χ3v) is 4.62.